The number of anilines is 1. The van der Waals surface area contributed by atoms with Gasteiger partial charge in [-0.15, -0.1) is 0 Å². The van der Waals surface area contributed by atoms with Crippen molar-refractivity contribution >= 4 is 23.1 Å². The van der Waals surface area contributed by atoms with Crippen molar-refractivity contribution in [2.45, 2.75) is 0 Å². The van der Waals surface area contributed by atoms with Gasteiger partial charge in [-0.05, 0) is 24.3 Å². The molecule has 0 saturated carbocycles. The summed E-state index contributed by atoms with van der Waals surface area (Å²) in [5.41, 5.74) is 2.42. The van der Waals surface area contributed by atoms with Gasteiger partial charge in [-0.2, -0.15) is 0 Å². The summed E-state index contributed by atoms with van der Waals surface area (Å²) in [6, 6.07) is 17.0. The fraction of sp³-hybridized carbons (Fsp3) is 0.0385. The standard InChI is InChI=1S/C26H23NO2/c1-20(23-12-8-5-9-13-23)29-21(2)24-15-17-25(18-16-24)27-26(28)19-14-22-10-6-3-4-7-11-22/h3-19,22H,1-2H2,(H,27,28)/b19-14+. The highest BCUT2D eigenvalue weighted by atomic mass is 16.5. The Bertz CT molecular complexity index is 977. The van der Waals surface area contributed by atoms with E-state index in [1.165, 1.54) is 0 Å². The molecule has 3 rings (SSSR count). The Labute approximate surface area is 171 Å². The van der Waals surface area contributed by atoms with E-state index in [0.717, 1.165) is 11.1 Å². The third-order valence-electron chi connectivity index (χ3n) is 4.29. The van der Waals surface area contributed by atoms with E-state index < -0.39 is 0 Å². The summed E-state index contributed by atoms with van der Waals surface area (Å²) in [5.74, 6) is 0.965. The van der Waals surface area contributed by atoms with Gasteiger partial charge in [-0.3, -0.25) is 4.79 Å². The number of hydrogen-bond acceptors (Lipinski definition) is 2. The van der Waals surface area contributed by atoms with Gasteiger partial charge in [-0.25, -0.2) is 0 Å². The second-order valence-corrected chi connectivity index (χ2v) is 6.47. The molecule has 0 fully saturated rings. The van der Waals surface area contributed by atoms with Crippen molar-refractivity contribution in [3.63, 3.8) is 0 Å². The summed E-state index contributed by atoms with van der Waals surface area (Å²) in [6.07, 6.45) is 15.3. The predicted octanol–water partition coefficient (Wildman–Crippen LogP) is 6.14. The maximum atomic E-state index is 12.1. The first-order chi connectivity index (χ1) is 14.1. The minimum atomic E-state index is -0.177. The molecule has 0 unspecified atom stereocenters. The van der Waals surface area contributed by atoms with Crippen molar-refractivity contribution in [2.24, 2.45) is 5.92 Å². The fourth-order valence-electron chi connectivity index (χ4n) is 2.72. The predicted molar refractivity (Wildman–Crippen MR) is 121 cm³/mol. The molecule has 3 heteroatoms. The summed E-state index contributed by atoms with van der Waals surface area (Å²) < 4.78 is 5.75. The number of amides is 1. The van der Waals surface area contributed by atoms with Crippen molar-refractivity contribution in [3.05, 3.63) is 127 Å². The maximum Gasteiger partial charge on any atom is 0.248 e. The van der Waals surface area contributed by atoms with Crippen LogP contribution in [0.3, 0.4) is 0 Å². The number of nitrogens with one attached hydrogen (secondary N) is 1. The minimum Gasteiger partial charge on any atom is -0.457 e. The van der Waals surface area contributed by atoms with Gasteiger partial charge in [-0.1, -0.05) is 86.0 Å². The molecule has 0 heterocycles. The zero-order chi connectivity index (χ0) is 20.5. The van der Waals surface area contributed by atoms with E-state index in [1.807, 2.05) is 97.1 Å². The van der Waals surface area contributed by atoms with Crippen molar-refractivity contribution in [1.29, 1.82) is 0 Å². The number of ether oxygens (including phenoxy) is 1. The van der Waals surface area contributed by atoms with E-state index in [9.17, 15) is 4.79 Å². The topological polar surface area (TPSA) is 38.3 Å². The highest BCUT2D eigenvalue weighted by molar-refractivity contribution is 5.99. The Morgan fingerprint density at radius 2 is 1.41 bits per heavy atom. The summed E-state index contributed by atoms with van der Waals surface area (Å²) in [5, 5.41) is 2.85. The Hall–Kier alpha value is -3.85. The number of benzene rings is 2. The average molecular weight is 381 g/mol. The van der Waals surface area contributed by atoms with Gasteiger partial charge in [0.05, 0.1) is 0 Å². The summed E-state index contributed by atoms with van der Waals surface area (Å²) in [7, 11) is 0. The molecule has 144 valence electrons. The lowest BCUT2D eigenvalue weighted by Gasteiger charge is -2.12. The lowest BCUT2D eigenvalue weighted by molar-refractivity contribution is -0.111. The zero-order valence-corrected chi connectivity index (χ0v) is 16.1. The maximum absolute atomic E-state index is 12.1. The number of carbonyl (C=O) groups excluding carboxylic acids is 1. The van der Waals surface area contributed by atoms with E-state index in [1.54, 1.807) is 6.08 Å². The lowest BCUT2D eigenvalue weighted by atomic mass is 10.1. The molecule has 0 spiro atoms. The normalized spacial score (nSPS) is 13.2. The molecule has 3 nitrogen and oxygen atoms in total. The molecule has 0 radical (unpaired) electrons. The summed E-state index contributed by atoms with van der Waals surface area (Å²) in [6.45, 7) is 7.92. The van der Waals surface area contributed by atoms with Crippen molar-refractivity contribution < 1.29 is 9.53 Å². The lowest BCUT2D eigenvalue weighted by Crippen LogP contribution is -2.08. The molecular weight excluding hydrogens is 358 g/mol. The third kappa shape index (κ3) is 6.08. The van der Waals surface area contributed by atoms with Gasteiger partial charge in [0, 0.05) is 28.8 Å². The molecule has 0 aliphatic heterocycles. The third-order valence-corrected chi connectivity index (χ3v) is 4.29. The van der Waals surface area contributed by atoms with Crippen LogP contribution in [-0.2, 0) is 9.53 Å². The molecule has 0 atom stereocenters. The second-order valence-electron chi connectivity index (χ2n) is 6.47. The number of allylic oxidation sites excluding steroid dienone is 7. The minimum absolute atomic E-state index is 0.108. The number of hydrogen-bond donors (Lipinski definition) is 1. The molecule has 0 bridgehead atoms. The molecule has 2 aromatic rings. The molecule has 0 saturated heterocycles. The van der Waals surface area contributed by atoms with Crippen molar-refractivity contribution in [1.82, 2.24) is 0 Å². The highest BCUT2D eigenvalue weighted by Gasteiger charge is 2.06. The Kier molecular flexibility index (Phi) is 6.80. The van der Waals surface area contributed by atoms with Crippen LogP contribution in [0.5, 0.6) is 0 Å². The van der Waals surface area contributed by atoms with Crippen LogP contribution in [0.2, 0.25) is 0 Å². The molecule has 29 heavy (non-hydrogen) atoms. The Morgan fingerprint density at radius 1 is 0.828 bits per heavy atom. The van der Waals surface area contributed by atoms with E-state index >= 15 is 0 Å². The smallest absolute Gasteiger partial charge is 0.248 e. The quantitative estimate of drug-likeness (QED) is 0.462. The first-order valence-corrected chi connectivity index (χ1v) is 9.34. The van der Waals surface area contributed by atoms with Gasteiger partial charge in [0.25, 0.3) is 0 Å². The van der Waals surface area contributed by atoms with Gasteiger partial charge in [0.15, 0.2) is 0 Å². The molecule has 1 N–H and O–H groups in total. The summed E-state index contributed by atoms with van der Waals surface area (Å²) >= 11 is 0. The van der Waals surface area contributed by atoms with Crippen LogP contribution < -0.4 is 5.32 Å². The SMILES string of the molecule is C=C(OC(=C)c1ccc(NC(=O)/C=C/C2C=CC=CC=C2)cc1)c1ccccc1. The van der Waals surface area contributed by atoms with Crippen molar-refractivity contribution in [2.75, 3.05) is 5.32 Å². The van der Waals surface area contributed by atoms with E-state index in [-0.39, 0.29) is 11.8 Å². The van der Waals surface area contributed by atoms with Gasteiger partial charge < -0.3 is 10.1 Å². The van der Waals surface area contributed by atoms with Crippen LogP contribution in [0.4, 0.5) is 5.69 Å². The molecule has 1 aliphatic carbocycles. The van der Waals surface area contributed by atoms with Crippen LogP contribution >= 0.6 is 0 Å². The van der Waals surface area contributed by atoms with Crippen LogP contribution in [0, 0.1) is 5.92 Å². The monoisotopic (exact) mass is 381 g/mol. The average Bonchev–Trinajstić information content (AvgIpc) is 3.02. The Morgan fingerprint density at radius 3 is 2.03 bits per heavy atom. The van der Waals surface area contributed by atoms with Crippen LogP contribution in [0.15, 0.2) is 116 Å². The number of rotatable bonds is 7. The van der Waals surface area contributed by atoms with E-state index in [4.69, 9.17) is 4.74 Å². The molecular formula is C26H23NO2. The Balaban J connectivity index is 1.54. The zero-order valence-electron chi connectivity index (χ0n) is 16.1. The summed E-state index contributed by atoms with van der Waals surface area (Å²) in [4.78, 5) is 12.1. The molecule has 1 amide bonds. The van der Waals surface area contributed by atoms with Gasteiger partial charge >= 0.3 is 0 Å². The molecule has 2 aromatic carbocycles. The van der Waals surface area contributed by atoms with E-state index in [0.29, 0.717) is 17.2 Å². The van der Waals surface area contributed by atoms with Gasteiger partial charge in [0.2, 0.25) is 5.91 Å². The number of carbonyl (C=O) groups is 1. The highest BCUT2D eigenvalue weighted by Crippen LogP contribution is 2.23. The van der Waals surface area contributed by atoms with E-state index in [2.05, 4.69) is 18.5 Å². The fourth-order valence-corrected chi connectivity index (χ4v) is 2.72. The van der Waals surface area contributed by atoms with Crippen molar-refractivity contribution in [3.8, 4) is 0 Å². The first-order valence-electron chi connectivity index (χ1n) is 9.34. The molecule has 1 aliphatic rings. The van der Waals surface area contributed by atoms with Gasteiger partial charge in [0.1, 0.15) is 11.5 Å². The van der Waals surface area contributed by atoms with Crippen LogP contribution in [0.1, 0.15) is 11.1 Å². The second kappa shape index (κ2) is 9.90. The molecule has 0 aromatic heterocycles. The van der Waals surface area contributed by atoms with Crippen LogP contribution in [-0.4, -0.2) is 5.91 Å². The first kappa shape index (κ1) is 19.9. The largest absolute Gasteiger partial charge is 0.457 e. The van der Waals surface area contributed by atoms with Crippen LogP contribution in [0.25, 0.3) is 11.5 Å².